The van der Waals surface area contributed by atoms with E-state index in [1.54, 1.807) is 18.2 Å². The highest BCUT2D eigenvalue weighted by molar-refractivity contribution is 6.02. The highest BCUT2D eigenvalue weighted by Crippen LogP contribution is 2.21. The summed E-state index contributed by atoms with van der Waals surface area (Å²) >= 11 is 0. The summed E-state index contributed by atoms with van der Waals surface area (Å²) in [6.07, 6.45) is 0.314. The van der Waals surface area contributed by atoms with Crippen molar-refractivity contribution in [3.63, 3.8) is 0 Å². The molecule has 0 atom stereocenters. The van der Waals surface area contributed by atoms with Gasteiger partial charge in [-0.1, -0.05) is 62.4 Å². The van der Waals surface area contributed by atoms with Gasteiger partial charge in [-0.2, -0.15) is 0 Å². The number of nitrogens with zero attached hydrogens (tertiary/aromatic N) is 2. The first-order valence-electron chi connectivity index (χ1n) is 14.2. The van der Waals surface area contributed by atoms with Gasteiger partial charge in [-0.15, -0.1) is 0 Å². The van der Waals surface area contributed by atoms with Crippen molar-refractivity contribution in [3.05, 3.63) is 94.5 Å². The van der Waals surface area contributed by atoms with Gasteiger partial charge < -0.3 is 26.6 Å². The van der Waals surface area contributed by atoms with Gasteiger partial charge in [-0.05, 0) is 29.3 Å². The van der Waals surface area contributed by atoms with Crippen LogP contribution in [0.15, 0.2) is 76.7 Å². The van der Waals surface area contributed by atoms with E-state index < -0.39 is 0 Å². The second kappa shape index (κ2) is 14.6. The van der Waals surface area contributed by atoms with Crippen LogP contribution >= 0.6 is 0 Å². The van der Waals surface area contributed by atoms with Gasteiger partial charge in [0.05, 0.1) is 25.9 Å². The Morgan fingerprint density at radius 2 is 1.12 bits per heavy atom. The molecule has 5 N–H and O–H groups in total. The van der Waals surface area contributed by atoms with Crippen molar-refractivity contribution in [2.45, 2.75) is 26.7 Å². The van der Waals surface area contributed by atoms with Gasteiger partial charge in [0.2, 0.25) is 11.8 Å². The average molecular weight is 568 g/mol. The van der Waals surface area contributed by atoms with Crippen molar-refractivity contribution < 1.29 is 14.4 Å². The van der Waals surface area contributed by atoms with Gasteiger partial charge in [0.1, 0.15) is 11.7 Å². The third-order valence-electron chi connectivity index (χ3n) is 6.52. The van der Waals surface area contributed by atoms with Crippen molar-refractivity contribution in [2.75, 3.05) is 43.9 Å². The highest BCUT2D eigenvalue weighted by atomic mass is 16.2. The van der Waals surface area contributed by atoms with Crippen molar-refractivity contribution in [2.24, 2.45) is 9.98 Å². The minimum atomic E-state index is -0.329. The Labute approximate surface area is 246 Å². The largest absolute Gasteiger partial charge is 0.368 e. The maximum atomic E-state index is 12.8. The molecule has 0 saturated heterocycles. The topological polar surface area (TPSA) is 136 Å². The predicted molar refractivity (Wildman–Crippen MR) is 168 cm³/mol. The lowest BCUT2D eigenvalue weighted by molar-refractivity contribution is -0.116. The Balaban J connectivity index is 0.00000198. The highest BCUT2D eigenvalue weighted by Gasteiger charge is 2.14. The number of hydrogen-bond donors (Lipinski definition) is 5. The average Bonchev–Trinajstić information content (AvgIpc) is 3.74. The van der Waals surface area contributed by atoms with E-state index in [2.05, 4.69) is 36.6 Å². The third kappa shape index (κ3) is 8.03. The third-order valence-corrected chi connectivity index (χ3v) is 6.52. The molecule has 42 heavy (non-hydrogen) atoms. The van der Waals surface area contributed by atoms with E-state index in [4.69, 9.17) is 0 Å². The number of hydrogen-bond acceptors (Lipinski definition) is 7. The summed E-state index contributed by atoms with van der Waals surface area (Å²) in [4.78, 5) is 46.9. The molecule has 0 radical (unpaired) electrons. The fraction of sp³-hybridized carbons (Fsp3) is 0.281. The quantitative estimate of drug-likeness (QED) is 0.271. The van der Waals surface area contributed by atoms with Crippen LogP contribution in [0.2, 0.25) is 0 Å². The van der Waals surface area contributed by atoms with E-state index >= 15 is 0 Å². The molecular weight excluding hydrogens is 530 g/mol. The molecule has 10 heteroatoms. The van der Waals surface area contributed by atoms with Crippen LogP contribution in [-0.2, 0) is 22.4 Å². The van der Waals surface area contributed by atoms with E-state index in [9.17, 15) is 14.4 Å². The molecule has 3 aromatic rings. The number of aliphatic imine (C=N–C) groups is 2. The van der Waals surface area contributed by atoms with Crippen LogP contribution in [0.3, 0.4) is 0 Å². The minimum Gasteiger partial charge on any atom is -0.368 e. The molecule has 10 nitrogen and oxygen atoms in total. The number of amidine groups is 2. The molecule has 2 heterocycles. The molecule has 0 spiro atoms. The zero-order chi connectivity index (χ0) is 29.9. The lowest BCUT2D eigenvalue weighted by Gasteiger charge is -2.12. The summed E-state index contributed by atoms with van der Waals surface area (Å²) < 4.78 is 0. The number of anilines is 2. The monoisotopic (exact) mass is 567 g/mol. The molecule has 5 rings (SSSR count). The Bertz CT molecular complexity index is 1380. The summed E-state index contributed by atoms with van der Waals surface area (Å²) in [5.41, 5.74) is 4.80. The van der Waals surface area contributed by atoms with Gasteiger partial charge in [0.15, 0.2) is 0 Å². The lowest BCUT2D eigenvalue weighted by atomic mass is 10.1. The maximum Gasteiger partial charge on any atom is 0.251 e. The first-order chi connectivity index (χ1) is 20.5. The summed E-state index contributed by atoms with van der Waals surface area (Å²) in [6, 6.07) is 20.1. The van der Waals surface area contributed by atoms with Crippen LogP contribution in [0.4, 0.5) is 11.4 Å². The smallest absolute Gasteiger partial charge is 0.251 e. The molecule has 0 fully saturated rings. The van der Waals surface area contributed by atoms with Crippen LogP contribution in [0, 0.1) is 0 Å². The summed E-state index contributed by atoms with van der Waals surface area (Å²) in [7, 11) is 1.53. The fourth-order valence-corrected chi connectivity index (χ4v) is 4.57. The maximum absolute atomic E-state index is 12.8. The van der Waals surface area contributed by atoms with Gasteiger partial charge in [0.25, 0.3) is 5.91 Å². The van der Waals surface area contributed by atoms with Crippen LogP contribution in [0.25, 0.3) is 0 Å². The first kappa shape index (κ1) is 30.0. The van der Waals surface area contributed by atoms with E-state index in [1.165, 1.54) is 7.05 Å². The number of rotatable bonds is 9. The molecule has 0 saturated carbocycles. The molecule has 3 amide bonds. The van der Waals surface area contributed by atoms with E-state index in [0.717, 1.165) is 60.1 Å². The number of amides is 3. The van der Waals surface area contributed by atoms with Crippen molar-refractivity contribution in [1.29, 1.82) is 0 Å². The second-order valence-corrected chi connectivity index (χ2v) is 9.54. The van der Waals surface area contributed by atoms with Crippen LogP contribution in [-0.4, -0.2) is 62.6 Å². The van der Waals surface area contributed by atoms with Gasteiger partial charge >= 0.3 is 0 Å². The number of carbonyl (C=O) groups excluding carboxylic acids is 3. The van der Waals surface area contributed by atoms with Gasteiger partial charge in [0, 0.05) is 48.2 Å². The SMILES string of the molecule is CC.CNC(=O)c1cc(NC(=O)Cc2ccc(C3=NCCN3)cc2)cc(NC(=O)Cc2ccc(C3=NCCN3)cc2)c1. The minimum absolute atomic E-state index is 0.157. The normalized spacial score (nSPS) is 13.4. The standard InChI is InChI=1S/C30H31N7O3.C2H6/c1-31-30(40)23-16-24(36-26(38)14-19-2-6-21(7-3-19)28-32-10-11-33-28)18-25(17-23)37-27(39)15-20-4-8-22(9-5-20)29-34-12-13-35-29;1-2/h2-9,16-18H,10-15H2,1H3,(H,31,40)(H,32,33)(H,34,35)(H,36,38)(H,37,39);1-2H3. The molecule has 218 valence electrons. The molecule has 2 aliphatic rings. The van der Waals surface area contributed by atoms with Gasteiger partial charge in [-0.25, -0.2) is 0 Å². The number of carbonyl (C=O) groups is 3. The predicted octanol–water partition coefficient (Wildman–Crippen LogP) is 3.13. The zero-order valence-electron chi connectivity index (χ0n) is 24.2. The van der Waals surface area contributed by atoms with E-state index in [1.807, 2.05) is 62.4 Å². The van der Waals surface area contributed by atoms with Crippen molar-refractivity contribution in [1.82, 2.24) is 16.0 Å². The number of nitrogens with one attached hydrogen (secondary N) is 5. The first-order valence-corrected chi connectivity index (χ1v) is 14.2. The van der Waals surface area contributed by atoms with E-state index in [-0.39, 0.29) is 30.6 Å². The summed E-state index contributed by atoms with van der Waals surface area (Å²) in [5, 5.41) is 14.8. The van der Waals surface area contributed by atoms with E-state index in [0.29, 0.717) is 16.9 Å². The van der Waals surface area contributed by atoms with Crippen LogP contribution in [0.1, 0.15) is 46.5 Å². The molecule has 0 aliphatic carbocycles. The summed E-state index contributed by atoms with van der Waals surface area (Å²) in [5.74, 6) is 0.924. The zero-order valence-corrected chi connectivity index (χ0v) is 24.2. The molecular formula is C32H37N7O3. The van der Waals surface area contributed by atoms with Crippen molar-refractivity contribution >= 4 is 40.8 Å². The molecule has 0 unspecified atom stereocenters. The van der Waals surface area contributed by atoms with Crippen molar-refractivity contribution in [3.8, 4) is 0 Å². The Kier molecular flexibility index (Phi) is 10.4. The van der Waals surface area contributed by atoms with Gasteiger partial charge in [-0.3, -0.25) is 24.4 Å². The van der Waals surface area contributed by atoms with Crippen LogP contribution < -0.4 is 26.6 Å². The second-order valence-electron chi connectivity index (χ2n) is 9.54. The Hall–Kier alpha value is -4.99. The molecule has 3 aromatic carbocycles. The summed E-state index contributed by atoms with van der Waals surface area (Å²) in [6.45, 7) is 7.19. The fourth-order valence-electron chi connectivity index (χ4n) is 4.57. The molecule has 2 aliphatic heterocycles. The lowest BCUT2D eigenvalue weighted by Crippen LogP contribution is -2.21. The number of benzene rings is 3. The Morgan fingerprint density at radius 1 is 0.690 bits per heavy atom. The Morgan fingerprint density at radius 3 is 1.48 bits per heavy atom. The molecule has 0 bridgehead atoms. The van der Waals surface area contributed by atoms with Crippen LogP contribution in [0.5, 0.6) is 0 Å². The molecule has 0 aromatic heterocycles.